The molecule has 0 atom stereocenters. The summed E-state index contributed by atoms with van der Waals surface area (Å²) in [4.78, 5) is 27.9. The molecule has 1 saturated carbocycles. The molecule has 0 N–H and O–H groups in total. The number of rotatable bonds is 4. The predicted molar refractivity (Wildman–Crippen MR) is 86.7 cm³/mol. The molecule has 1 aromatic heterocycles. The fourth-order valence-corrected chi connectivity index (χ4v) is 3.21. The van der Waals surface area contributed by atoms with E-state index in [0.29, 0.717) is 31.1 Å². The second-order valence-corrected chi connectivity index (χ2v) is 6.36. The van der Waals surface area contributed by atoms with Crippen LogP contribution in [0.15, 0.2) is 40.9 Å². The Bertz CT molecular complexity index is 752. The molecule has 0 radical (unpaired) electrons. The third kappa shape index (κ3) is 2.68. The van der Waals surface area contributed by atoms with Gasteiger partial charge in [0.2, 0.25) is 0 Å². The van der Waals surface area contributed by atoms with Crippen molar-refractivity contribution < 1.29 is 14.1 Å². The topological polar surface area (TPSA) is 66.7 Å². The lowest BCUT2D eigenvalue weighted by Gasteiger charge is -2.41. The highest BCUT2D eigenvalue weighted by atomic mass is 16.5. The zero-order valence-corrected chi connectivity index (χ0v) is 13.4. The maximum absolute atomic E-state index is 12.3. The number of piperazine rings is 1. The van der Waals surface area contributed by atoms with Crippen molar-refractivity contribution in [2.75, 3.05) is 13.1 Å². The van der Waals surface area contributed by atoms with Crippen molar-refractivity contribution in [3.8, 4) is 11.3 Å². The summed E-state index contributed by atoms with van der Waals surface area (Å²) in [7, 11) is 0. The minimum Gasteiger partial charge on any atom is -0.356 e. The quantitative estimate of drug-likeness (QED) is 0.807. The summed E-state index contributed by atoms with van der Waals surface area (Å²) < 4.78 is 5.36. The number of carbonyl (C=O) groups is 2. The van der Waals surface area contributed by atoms with Crippen LogP contribution in [0.1, 0.15) is 25.0 Å². The van der Waals surface area contributed by atoms with Crippen LogP contribution in [-0.4, -0.2) is 45.9 Å². The Morgan fingerprint density at radius 2 is 1.88 bits per heavy atom. The fraction of sp³-hybridized carbons (Fsp3) is 0.389. The molecular weight excluding hydrogens is 306 g/mol. The van der Waals surface area contributed by atoms with E-state index >= 15 is 0 Å². The van der Waals surface area contributed by atoms with Crippen molar-refractivity contribution in [2.45, 2.75) is 31.8 Å². The second kappa shape index (κ2) is 6.11. The lowest BCUT2D eigenvalue weighted by molar-refractivity contribution is -0.159. The number of carbonyl (C=O) groups excluding carboxylic acids is 2. The summed E-state index contributed by atoms with van der Waals surface area (Å²) in [6.07, 6.45) is 3.18. The first-order valence-corrected chi connectivity index (χ1v) is 8.33. The standard InChI is InChI=1S/C18H19N3O3/c22-17-18(23)21(15-7-4-8-15)10-9-20(17)12-14-11-16(24-19-14)13-5-2-1-3-6-13/h1-3,5-6,11,15H,4,7-10,12H2. The lowest BCUT2D eigenvalue weighted by Crippen LogP contribution is -2.58. The smallest absolute Gasteiger partial charge is 0.312 e. The van der Waals surface area contributed by atoms with Crippen molar-refractivity contribution in [3.63, 3.8) is 0 Å². The van der Waals surface area contributed by atoms with Crippen molar-refractivity contribution in [2.24, 2.45) is 0 Å². The number of benzene rings is 1. The molecule has 4 rings (SSSR count). The minimum absolute atomic E-state index is 0.264. The SMILES string of the molecule is O=C1C(=O)N(C2CCC2)CCN1Cc1cc(-c2ccccc2)on1. The van der Waals surface area contributed by atoms with Gasteiger partial charge in [-0.3, -0.25) is 9.59 Å². The van der Waals surface area contributed by atoms with Crippen LogP contribution in [0.4, 0.5) is 0 Å². The Morgan fingerprint density at radius 3 is 2.58 bits per heavy atom. The first-order valence-electron chi connectivity index (χ1n) is 8.33. The van der Waals surface area contributed by atoms with Gasteiger partial charge in [-0.1, -0.05) is 35.5 Å². The maximum Gasteiger partial charge on any atom is 0.312 e. The van der Waals surface area contributed by atoms with Crippen LogP contribution >= 0.6 is 0 Å². The number of nitrogens with zero attached hydrogens (tertiary/aromatic N) is 3. The molecule has 24 heavy (non-hydrogen) atoms. The van der Waals surface area contributed by atoms with E-state index in [1.54, 1.807) is 9.80 Å². The summed E-state index contributed by atoms with van der Waals surface area (Å²) in [5.74, 6) is -0.146. The average molecular weight is 325 g/mol. The van der Waals surface area contributed by atoms with Crippen molar-refractivity contribution in [1.82, 2.24) is 15.0 Å². The normalized spacial score (nSPS) is 18.8. The Morgan fingerprint density at radius 1 is 1.08 bits per heavy atom. The lowest BCUT2D eigenvalue weighted by atomic mass is 9.91. The first-order chi connectivity index (χ1) is 11.7. The van der Waals surface area contributed by atoms with E-state index in [0.717, 1.165) is 24.8 Å². The molecule has 2 aromatic rings. The molecule has 2 fully saturated rings. The van der Waals surface area contributed by atoms with Gasteiger partial charge in [-0.2, -0.15) is 0 Å². The summed E-state index contributed by atoms with van der Waals surface area (Å²) in [5, 5.41) is 4.03. The molecule has 0 spiro atoms. The summed E-state index contributed by atoms with van der Waals surface area (Å²) in [5.41, 5.74) is 1.60. The molecule has 2 heterocycles. The fourth-order valence-electron chi connectivity index (χ4n) is 3.21. The molecule has 6 nitrogen and oxygen atoms in total. The van der Waals surface area contributed by atoms with E-state index in [9.17, 15) is 9.59 Å². The van der Waals surface area contributed by atoms with Crippen LogP contribution in [0.2, 0.25) is 0 Å². The van der Waals surface area contributed by atoms with Gasteiger partial charge in [0.25, 0.3) is 0 Å². The van der Waals surface area contributed by atoms with Gasteiger partial charge in [-0.25, -0.2) is 0 Å². The van der Waals surface area contributed by atoms with E-state index < -0.39 is 5.91 Å². The van der Waals surface area contributed by atoms with Gasteiger partial charge in [0.1, 0.15) is 5.69 Å². The molecular formula is C18H19N3O3. The molecule has 124 valence electrons. The molecule has 1 saturated heterocycles. The minimum atomic E-state index is -0.433. The largest absolute Gasteiger partial charge is 0.356 e. The number of aromatic nitrogens is 1. The Kier molecular flexibility index (Phi) is 3.80. The Labute approximate surface area is 140 Å². The van der Waals surface area contributed by atoms with Gasteiger partial charge >= 0.3 is 11.8 Å². The van der Waals surface area contributed by atoms with Gasteiger partial charge < -0.3 is 14.3 Å². The van der Waals surface area contributed by atoms with Crippen LogP contribution in [0.5, 0.6) is 0 Å². The Balaban J connectivity index is 1.43. The zero-order valence-electron chi connectivity index (χ0n) is 13.4. The highest BCUT2D eigenvalue weighted by Gasteiger charge is 2.38. The van der Waals surface area contributed by atoms with Gasteiger partial charge in [0.15, 0.2) is 5.76 Å². The van der Waals surface area contributed by atoms with Crippen LogP contribution < -0.4 is 0 Å². The summed E-state index contributed by atoms with van der Waals surface area (Å²) >= 11 is 0. The first kappa shape index (κ1) is 14.9. The predicted octanol–water partition coefficient (Wildman–Crippen LogP) is 2.06. The number of hydrogen-bond acceptors (Lipinski definition) is 4. The molecule has 2 aliphatic rings. The van der Waals surface area contributed by atoms with Gasteiger partial charge in [0.05, 0.1) is 6.54 Å². The second-order valence-electron chi connectivity index (χ2n) is 6.36. The van der Waals surface area contributed by atoms with Crippen LogP contribution in [0.3, 0.4) is 0 Å². The van der Waals surface area contributed by atoms with E-state index in [4.69, 9.17) is 4.52 Å². The monoisotopic (exact) mass is 325 g/mol. The van der Waals surface area contributed by atoms with Crippen LogP contribution in [0.25, 0.3) is 11.3 Å². The van der Waals surface area contributed by atoms with Gasteiger partial charge in [-0.15, -0.1) is 0 Å². The highest BCUT2D eigenvalue weighted by Crippen LogP contribution is 2.27. The molecule has 0 unspecified atom stereocenters. The number of hydrogen-bond donors (Lipinski definition) is 0. The average Bonchev–Trinajstić information content (AvgIpc) is 3.02. The zero-order chi connectivity index (χ0) is 16.5. The highest BCUT2D eigenvalue weighted by molar-refractivity contribution is 6.35. The van der Waals surface area contributed by atoms with Crippen molar-refractivity contribution in [3.05, 3.63) is 42.1 Å². The maximum atomic E-state index is 12.3. The van der Waals surface area contributed by atoms with Crippen molar-refractivity contribution in [1.29, 1.82) is 0 Å². The third-order valence-corrected chi connectivity index (χ3v) is 4.83. The molecule has 1 aromatic carbocycles. The van der Waals surface area contributed by atoms with E-state index in [1.165, 1.54) is 0 Å². The Hall–Kier alpha value is -2.63. The summed E-state index contributed by atoms with van der Waals surface area (Å²) in [6, 6.07) is 11.8. The third-order valence-electron chi connectivity index (χ3n) is 4.83. The van der Waals surface area contributed by atoms with Crippen molar-refractivity contribution >= 4 is 11.8 Å². The molecule has 1 aliphatic heterocycles. The van der Waals surface area contributed by atoms with Gasteiger partial charge in [0, 0.05) is 30.8 Å². The molecule has 2 amide bonds. The van der Waals surface area contributed by atoms with Crippen LogP contribution in [0, 0.1) is 0 Å². The van der Waals surface area contributed by atoms with Crippen LogP contribution in [-0.2, 0) is 16.1 Å². The summed E-state index contributed by atoms with van der Waals surface area (Å²) in [6.45, 7) is 1.46. The van der Waals surface area contributed by atoms with E-state index in [1.807, 2.05) is 36.4 Å². The molecule has 6 heteroatoms. The molecule has 1 aliphatic carbocycles. The van der Waals surface area contributed by atoms with E-state index in [2.05, 4.69) is 5.16 Å². The number of amides is 2. The van der Waals surface area contributed by atoms with Gasteiger partial charge in [-0.05, 0) is 19.3 Å². The molecule has 0 bridgehead atoms. The van der Waals surface area contributed by atoms with E-state index in [-0.39, 0.29) is 11.9 Å².